The highest BCUT2D eigenvalue weighted by molar-refractivity contribution is 5.74. The largest absolute Gasteiger partial charge is 0.383 e. The minimum atomic E-state index is -0.105. The summed E-state index contributed by atoms with van der Waals surface area (Å²) in [5.41, 5.74) is 3.10. The lowest BCUT2D eigenvalue weighted by Crippen LogP contribution is -2.43. The molecule has 0 aromatic carbocycles. The van der Waals surface area contributed by atoms with Crippen LogP contribution >= 0.6 is 0 Å². The molecule has 2 aromatic heterocycles. The van der Waals surface area contributed by atoms with Crippen LogP contribution in [0.15, 0.2) is 18.7 Å². The van der Waals surface area contributed by atoms with Crippen molar-refractivity contribution in [3.8, 4) is 0 Å². The van der Waals surface area contributed by atoms with Crippen LogP contribution in [0.4, 0.5) is 4.79 Å². The van der Waals surface area contributed by atoms with Crippen molar-refractivity contribution in [2.45, 2.75) is 33.4 Å². The van der Waals surface area contributed by atoms with Gasteiger partial charge in [-0.15, -0.1) is 0 Å². The zero-order valence-electron chi connectivity index (χ0n) is 15.7. The van der Waals surface area contributed by atoms with Gasteiger partial charge in [-0.3, -0.25) is 4.68 Å². The van der Waals surface area contributed by atoms with Gasteiger partial charge in [-0.25, -0.2) is 9.78 Å². The summed E-state index contributed by atoms with van der Waals surface area (Å²) in [4.78, 5) is 18.5. The lowest BCUT2D eigenvalue weighted by atomic mass is 10.2. The molecule has 138 valence electrons. The first-order valence-electron chi connectivity index (χ1n) is 8.42. The molecule has 0 bridgehead atoms. The van der Waals surface area contributed by atoms with Gasteiger partial charge in [-0.05, 0) is 20.8 Å². The van der Waals surface area contributed by atoms with Gasteiger partial charge < -0.3 is 19.5 Å². The molecule has 0 fully saturated rings. The van der Waals surface area contributed by atoms with Crippen molar-refractivity contribution in [1.29, 1.82) is 0 Å². The molecular formula is C17H28N6O2. The normalized spacial score (nSPS) is 12.2. The molecule has 0 aliphatic rings. The van der Waals surface area contributed by atoms with E-state index in [1.54, 1.807) is 24.5 Å². The average molecular weight is 348 g/mol. The van der Waals surface area contributed by atoms with Crippen molar-refractivity contribution in [2.75, 3.05) is 26.8 Å². The van der Waals surface area contributed by atoms with Crippen LogP contribution in [-0.2, 0) is 18.3 Å². The Bertz CT molecular complexity index is 680. The van der Waals surface area contributed by atoms with Gasteiger partial charge in [0.05, 0.1) is 25.2 Å². The molecular weight excluding hydrogens is 320 g/mol. The van der Waals surface area contributed by atoms with E-state index in [1.165, 1.54) is 0 Å². The Morgan fingerprint density at radius 2 is 2.20 bits per heavy atom. The van der Waals surface area contributed by atoms with Crippen LogP contribution in [0, 0.1) is 13.8 Å². The zero-order chi connectivity index (χ0) is 18.4. The van der Waals surface area contributed by atoms with Crippen molar-refractivity contribution < 1.29 is 9.53 Å². The molecule has 2 amide bonds. The van der Waals surface area contributed by atoms with Gasteiger partial charge in [0.1, 0.15) is 0 Å². The topological polar surface area (TPSA) is 77.2 Å². The van der Waals surface area contributed by atoms with Crippen molar-refractivity contribution in [1.82, 2.24) is 29.5 Å². The molecule has 25 heavy (non-hydrogen) atoms. The van der Waals surface area contributed by atoms with Gasteiger partial charge in [0, 0.05) is 56.9 Å². The third-order valence-electron chi connectivity index (χ3n) is 4.44. The molecule has 1 N–H and O–H groups in total. The van der Waals surface area contributed by atoms with E-state index in [1.807, 2.05) is 43.3 Å². The Morgan fingerprint density at radius 1 is 1.44 bits per heavy atom. The van der Waals surface area contributed by atoms with Crippen LogP contribution < -0.4 is 5.32 Å². The summed E-state index contributed by atoms with van der Waals surface area (Å²) in [6.45, 7) is 8.08. The maximum atomic E-state index is 12.7. The van der Waals surface area contributed by atoms with E-state index in [4.69, 9.17) is 4.74 Å². The summed E-state index contributed by atoms with van der Waals surface area (Å²) >= 11 is 0. The van der Waals surface area contributed by atoms with Crippen molar-refractivity contribution in [3.63, 3.8) is 0 Å². The Labute approximate surface area is 148 Å². The molecule has 8 heteroatoms. The number of carbonyl (C=O) groups is 1. The number of nitrogens with one attached hydrogen (secondary N) is 1. The van der Waals surface area contributed by atoms with E-state index in [0.717, 1.165) is 17.0 Å². The Balaban J connectivity index is 2.01. The second-order valence-corrected chi connectivity index (χ2v) is 6.23. The third kappa shape index (κ3) is 4.82. The molecule has 0 spiro atoms. The molecule has 8 nitrogen and oxygen atoms in total. The van der Waals surface area contributed by atoms with Crippen molar-refractivity contribution in [2.24, 2.45) is 7.05 Å². The number of carbonyl (C=O) groups excluding carboxylic acids is 1. The number of urea groups is 1. The summed E-state index contributed by atoms with van der Waals surface area (Å²) in [6.07, 6.45) is 5.38. The highest BCUT2D eigenvalue weighted by Gasteiger charge is 2.19. The highest BCUT2D eigenvalue weighted by Crippen LogP contribution is 2.15. The summed E-state index contributed by atoms with van der Waals surface area (Å²) in [7, 11) is 3.55. The number of amides is 2. The van der Waals surface area contributed by atoms with Gasteiger partial charge in [-0.1, -0.05) is 0 Å². The van der Waals surface area contributed by atoms with E-state index in [9.17, 15) is 4.79 Å². The van der Waals surface area contributed by atoms with Crippen LogP contribution in [0.3, 0.4) is 0 Å². The molecule has 1 unspecified atom stereocenters. The summed E-state index contributed by atoms with van der Waals surface area (Å²) in [5.74, 6) is 0. The summed E-state index contributed by atoms with van der Waals surface area (Å²) in [6, 6.07) is 0.0317. The first-order chi connectivity index (χ1) is 11.9. The highest BCUT2D eigenvalue weighted by atomic mass is 16.5. The molecule has 0 saturated carbocycles. The van der Waals surface area contributed by atoms with Crippen LogP contribution in [-0.4, -0.2) is 57.1 Å². The first-order valence-corrected chi connectivity index (χ1v) is 8.42. The molecule has 0 aliphatic heterocycles. The fourth-order valence-corrected chi connectivity index (χ4v) is 2.67. The number of hydrogen-bond donors (Lipinski definition) is 1. The number of nitrogens with zero attached hydrogens (tertiary/aromatic N) is 5. The SMILES string of the molecule is COCCN(Cc1c(C)nn(C)c1C)C(=O)NCC(C)n1ccnc1. The molecule has 2 rings (SSSR count). The number of methoxy groups -OCH3 is 1. The Kier molecular flexibility index (Phi) is 6.58. The smallest absolute Gasteiger partial charge is 0.317 e. The Hall–Kier alpha value is -2.35. The second-order valence-electron chi connectivity index (χ2n) is 6.23. The van der Waals surface area contributed by atoms with E-state index >= 15 is 0 Å². The maximum absolute atomic E-state index is 12.7. The quantitative estimate of drug-likeness (QED) is 0.787. The number of rotatable bonds is 8. The van der Waals surface area contributed by atoms with E-state index in [2.05, 4.69) is 15.4 Å². The first kappa shape index (κ1) is 19.0. The third-order valence-corrected chi connectivity index (χ3v) is 4.44. The fourth-order valence-electron chi connectivity index (χ4n) is 2.67. The fraction of sp³-hybridized carbons (Fsp3) is 0.588. The van der Waals surface area contributed by atoms with Gasteiger partial charge in [0.2, 0.25) is 0 Å². The van der Waals surface area contributed by atoms with Crippen LogP contribution in [0.2, 0.25) is 0 Å². The number of aryl methyl sites for hydroxylation is 2. The number of imidazole rings is 1. The van der Waals surface area contributed by atoms with Gasteiger partial charge in [0.15, 0.2) is 0 Å². The lowest BCUT2D eigenvalue weighted by Gasteiger charge is -2.24. The van der Waals surface area contributed by atoms with Gasteiger partial charge in [0.25, 0.3) is 0 Å². The number of hydrogen-bond acceptors (Lipinski definition) is 4. The summed E-state index contributed by atoms with van der Waals surface area (Å²) < 4.78 is 8.97. The minimum Gasteiger partial charge on any atom is -0.383 e. The van der Waals surface area contributed by atoms with Crippen LogP contribution in [0.1, 0.15) is 29.9 Å². The van der Waals surface area contributed by atoms with Crippen LogP contribution in [0.5, 0.6) is 0 Å². The molecule has 2 aromatic rings. The number of aromatic nitrogens is 4. The molecule has 1 atom stereocenters. The molecule has 0 radical (unpaired) electrons. The lowest BCUT2D eigenvalue weighted by molar-refractivity contribution is 0.145. The summed E-state index contributed by atoms with van der Waals surface area (Å²) in [5, 5.41) is 7.43. The standard InChI is InChI=1S/C17H28N6O2/c1-13(23-7-6-18-12-23)10-19-17(24)22(8-9-25-5)11-16-14(2)20-21(4)15(16)3/h6-7,12-13H,8-11H2,1-5H3,(H,19,24). The zero-order valence-corrected chi connectivity index (χ0v) is 15.7. The minimum absolute atomic E-state index is 0.105. The van der Waals surface area contributed by atoms with Crippen LogP contribution in [0.25, 0.3) is 0 Å². The van der Waals surface area contributed by atoms with Gasteiger partial charge in [-0.2, -0.15) is 5.10 Å². The molecule has 2 heterocycles. The molecule has 0 aliphatic carbocycles. The van der Waals surface area contributed by atoms with Crippen molar-refractivity contribution in [3.05, 3.63) is 35.7 Å². The Morgan fingerprint density at radius 3 is 2.76 bits per heavy atom. The average Bonchev–Trinajstić information content (AvgIpc) is 3.20. The predicted molar refractivity (Wildman–Crippen MR) is 95.3 cm³/mol. The van der Waals surface area contributed by atoms with E-state index in [0.29, 0.717) is 26.2 Å². The maximum Gasteiger partial charge on any atom is 0.317 e. The van der Waals surface area contributed by atoms with E-state index < -0.39 is 0 Å². The molecule has 0 saturated heterocycles. The number of ether oxygens (including phenoxy) is 1. The van der Waals surface area contributed by atoms with Gasteiger partial charge >= 0.3 is 6.03 Å². The second kappa shape index (κ2) is 8.66. The monoisotopic (exact) mass is 348 g/mol. The van der Waals surface area contributed by atoms with E-state index in [-0.39, 0.29) is 12.1 Å². The predicted octanol–water partition coefficient (Wildman–Crippen LogP) is 1.65. The van der Waals surface area contributed by atoms with Crippen molar-refractivity contribution >= 4 is 6.03 Å².